The van der Waals surface area contributed by atoms with Crippen LogP contribution in [0.2, 0.25) is 5.15 Å². The van der Waals surface area contributed by atoms with E-state index in [2.05, 4.69) is 15.5 Å². The molecule has 1 N–H and O–H groups in total. The van der Waals surface area contributed by atoms with Gasteiger partial charge in [-0.25, -0.2) is 10.4 Å². The van der Waals surface area contributed by atoms with Gasteiger partial charge in [0.25, 0.3) is 0 Å². The molecular weight excluding hydrogens is 338 g/mol. The van der Waals surface area contributed by atoms with Crippen molar-refractivity contribution in [3.63, 3.8) is 0 Å². The van der Waals surface area contributed by atoms with Crippen molar-refractivity contribution in [3.05, 3.63) is 77.1 Å². The quantitative estimate of drug-likeness (QED) is 0.338. The van der Waals surface area contributed by atoms with Gasteiger partial charge in [-0.05, 0) is 24.3 Å². The molecule has 0 saturated carbocycles. The lowest BCUT2D eigenvalue weighted by Crippen LogP contribution is -2.16. The smallest absolute Gasteiger partial charge is 0.307 e. The number of rotatable bonds is 3. The summed E-state index contributed by atoms with van der Waals surface area (Å²) in [5.41, 5.74) is 4.50. The van der Waals surface area contributed by atoms with Crippen molar-refractivity contribution >= 4 is 45.6 Å². The summed E-state index contributed by atoms with van der Waals surface area (Å²) in [4.78, 5) is 16.4. The number of benzene rings is 2. The van der Waals surface area contributed by atoms with Crippen molar-refractivity contribution in [1.29, 1.82) is 0 Å². The normalized spacial score (nSPS) is 11.4. The largest absolute Gasteiger partial charge is 0.451 e. The van der Waals surface area contributed by atoms with E-state index in [0.29, 0.717) is 16.3 Å². The van der Waals surface area contributed by atoms with Gasteiger partial charge >= 0.3 is 5.91 Å². The second-order valence-electron chi connectivity index (χ2n) is 5.41. The first kappa shape index (κ1) is 15.4. The lowest BCUT2D eigenvalue weighted by molar-refractivity contribution is 0.0929. The van der Waals surface area contributed by atoms with Gasteiger partial charge in [-0.15, -0.1) is 0 Å². The number of fused-ring (bicyclic) bond motifs is 2. The van der Waals surface area contributed by atoms with Crippen LogP contribution < -0.4 is 5.43 Å². The molecule has 0 radical (unpaired) electrons. The highest BCUT2D eigenvalue weighted by atomic mass is 35.5. The first-order valence-electron chi connectivity index (χ1n) is 7.58. The number of hydrazone groups is 1. The summed E-state index contributed by atoms with van der Waals surface area (Å²) in [5.74, 6) is -0.238. The van der Waals surface area contributed by atoms with Crippen LogP contribution >= 0.6 is 11.6 Å². The highest BCUT2D eigenvalue weighted by Gasteiger charge is 2.11. The number of pyridine rings is 1. The molecule has 6 heteroatoms. The van der Waals surface area contributed by atoms with E-state index in [9.17, 15) is 4.79 Å². The number of aromatic nitrogens is 1. The molecule has 2 aromatic carbocycles. The number of carbonyl (C=O) groups excluding carboxylic acids is 1. The Kier molecular flexibility index (Phi) is 3.91. The Morgan fingerprint density at radius 2 is 1.84 bits per heavy atom. The number of amides is 1. The van der Waals surface area contributed by atoms with E-state index in [0.717, 1.165) is 16.3 Å². The fourth-order valence-corrected chi connectivity index (χ4v) is 2.70. The maximum atomic E-state index is 12.1. The minimum Gasteiger partial charge on any atom is -0.451 e. The molecule has 0 unspecified atom stereocenters. The third-order valence-corrected chi connectivity index (χ3v) is 4.03. The number of nitrogens with one attached hydrogen (secondary N) is 1. The first-order chi connectivity index (χ1) is 12.2. The molecule has 0 aliphatic rings. The average Bonchev–Trinajstić information content (AvgIpc) is 3.06. The van der Waals surface area contributed by atoms with Crippen LogP contribution in [-0.4, -0.2) is 17.1 Å². The second kappa shape index (κ2) is 6.37. The Morgan fingerprint density at radius 3 is 2.68 bits per heavy atom. The Morgan fingerprint density at radius 1 is 1.08 bits per heavy atom. The van der Waals surface area contributed by atoms with Gasteiger partial charge in [0.2, 0.25) is 0 Å². The molecule has 1 amide bonds. The van der Waals surface area contributed by atoms with E-state index in [1.807, 2.05) is 48.5 Å². The van der Waals surface area contributed by atoms with Crippen molar-refractivity contribution in [2.45, 2.75) is 0 Å². The number of halogens is 1. The summed E-state index contributed by atoms with van der Waals surface area (Å²) >= 11 is 6.16. The molecule has 122 valence electrons. The Bertz CT molecular complexity index is 1090. The highest BCUT2D eigenvalue weighted by molar-refractivity contribution is 6.32. The van der Waals surface area contributed by atoms with Gasteiger partial charge in [0.05, 0.1) is 11.7 Å². The van der Waals surface area contributed by atoms with Gasteiger partial charge in [-0.3, -0.25) is 4.79 Å². The molecular formula is C19H12ClN3O2. The third kappa shape index (κ3) is 3.09. The molecule has 0 atom stereocenters. The minimum atomic E-state index is -0.433. The summed E-state index contributed by atoms with van der Waals surface area (Å²) in [6, 6.07) is 18.6. The lowest BCUT2D eigenvalue weighted by atomic mass is 10.2. The number of hydrogen-bond acceptors (Lipinski definition) is 4. The molecule has 0 aliphatic heterocycles. The summed E-state index contributed by atoms with van der Waals surface area (Å²) in [6.45, 7) is 0. The van der Waals surface area contributed by atoms with Gasteiger partial charge in [0.1, 0.15) is 10.7 Å². The van der Waals surface area contributed by atoms with E-state index in [1.165, 1.54) is 6.21 Å². The molecule has 0 bridgehead atoms. The Hall–Kier alpha value is -3.18. The zero-order valence-corrected chi connectivity index (χ0v) is 13.7. The number of carbonyl (C=O) groups is 1. The molecule has 25 heavy (non-hydrogen) atoms. The van der Waals surface area contributed by atoms with Crippen LogP contribution in [0.4, 0.5) is 0 Å². The summed E-state index contributed by atoms with van der Waals surface area (Å²) < 4.78 is 5.49. The van der Waals surface area contributed by atoms with Crippen LogP contribution in [0, 0.1) is 0 Å². The molecule has 2 aromatic heterocycles. The van der Waals surface area contributed by atoms with E-state index in [-0.39, 0.29) is 5.76 Å². The number of nitrogens with zero attached hydrogens (tertiary/aromatic N) is 2. The number of furan rings is 1. The van der Waals surface area contributed by atoms with Crippen LogP contribution in [0.1, 0.15) is 16.1 Å². The van der Waals surface area contributed by atoms with Gasteiger partial charge in [0, 0.05) is 16.3 Å². The minimum absolute atomic E-state index is 0.195. The predicted octanol–water partition coefficient (Wildman–Crippen LogP) is 4.40. The summed E-state index contributed by atoms with van der Waals surface area (Å²) in [6.07, 6.45) is 1.46. The summed E-state index contributed by atoms with van der Waals surface area (Å²) in [7, 11) is 0. The van der Waals surface area contributed by atoms with Crippen LogP contribution in [0.15, 0.2) is 70.2 Å². The molecule has 4 aromatic rings. The summed E-state index contributed by atoms with van der Waals surface area (Å²) in [5, 5.41) is 6.07. The second-order valence-corrected chi connectivity index (χ2v) is 5.77. The lowest BCUT2D eigenvalue weighted by Gasteiger charge is -2.01. The van der Waals surface area contributed by atoms with Gasteiger partial charge < -0.3 is 4.42 Å². The van der Waals surface area contributed by atoms with Crippen LogP contribution in [0.3, 0.4) is 0 Å². The van der Waals surface area contributed by atoms with Gasteiger partial charge in [-0.2, -0.15) is 5.10 Å². The van der Waals surface area contributed by atoms with Gasteiger partial charge in [0.15, 0.2) is 5.76 Å². The van der Waals surface area contributed by atoms with Crippen molar-refractivity contribution in [3.8, 4) is 0 Å². The molecule has 2 heterocycles. The first-order valence-corrected chi connectivity index (χ1v) is 7.96. The fraction of sp³-hybridized carbons (Fsp3) is 0. The standard InChI is InChI=1S/C19H12ClN3O2/c20-18-14(9-12-5-1-3-7-15(12)22-18)11-21-23-19(24)17-10-13-6-2-4-8-16(13)25-17/h1-11H,(H,23,24). The van der Waals surface area contributed by atoms with Crippen molar-refractivity contribution in [2.24, 2.45) is 5.10 Å². The van der Waals surface area contributed by atoms with Crippen LogP contribution in [0.25, 0.3) is 21.9 Å². The third-order valence-electron chi connectivity index (χ3n) is 3.72. The molecule has 0 fully saturated rings. The molecule has 0 spiro atoms. The van der Waals surface area contributed by atoms with E-state index in [4.69, 9.17) is 16.0 Å². The average molecular weight is 350 g/mol. The molecule has 0 aliphatic carbocycles. The SMILES string of the molecule is O=C(NN=Cc1cc2ccccc2nc1Cl)c1cc2ccccc2o1. The monoisotopic (exact) mass is 349 g/mol. The maximum Gasteiger partial charge on any atom is 0.307 e. The number of hydrogen-bond donors (Lipinski definition) is 1. The van der Waals surface area contributed by atoms with E-state index < -0.39 is 5.91 Å². The van der Waals surface area contributed by atoms with Crippen LogP contribution in [-0.2, 0) is 0 Å². The van der Waals surface area contributed by atoms with E-state index in [1.54, 1.807) is 12.1 Å². The maximum absolute atomic E-state index is 12.1. The van der Waals surface area contributed by atoms with Crippen molar-refractivity contribution in [2.75, 3.05) is 0 Å². The molecule has 0 saturated heterocycles. The topological polar surface area (TPSA) is 67.5 Å². The van der Waals surface area contributed by atoms with Crippen molar-refractivity contribution < 1.29 is 9.21 Å². The Balaban J connectivity index is 1.54. The highest BCUT2D eigenvalue weighted by Crippen LogP contribution is 2.20. The zero-order chi connectivity index (χ0) is 17.2. The van der Waals surface area contributed by atoms with Crippen molar-refractivity contribution in [1.82, 2.24) is 10.4 Å². The Labute approximate surface area is 147 Å². The molecule has 5 nitrogen and oxygen atoms in total. The predicted molar refractivity (Wildman–Crippen MR) is 98.0 cm³/mol. The van der Waals surface area contributed by atoms with E-state index >= 15 is 0 Å². The fourth-order valence-electron chi connectivity index (χ4n) is 2.51. The molecule has 4 rings (SSSR count). The zero-order valence-electron chi connectivity index (χ0n) is 12.9. The van der Waals surface area contributed by atoms with Crippen LogP contribution in [0.5, 0.6) is 0 Å². The number of para-hydroxylation sites is 2. The van der Waals surface area contributed by atoms with Gasteiger partial charge in [-0.1, -0.05) is 48.0 Å².